The van der Waals surface area contributed by atoms with Crippen molar-refractivity contribution in [3.05, 3.63) is 36.9 Å². The number of nitrogens with one attached hydrogen (secondary N) is 1. The third-order valence-corrected chi connectivity index (χ3v) is 2.66. The first-order valence-electron chi connectivity index (χ1n) is 4.46. The summed E-state index contributed by atoms with van der Waals surface area (Å²) in [6, 6.07) is 6.44. The summed E-state index contributed by atoms with van der Waals surface area (Å²) in [6.45, 7) is 3.33. The molecule has 0 aliphatic heterocycles. The number of hydrogen-bond acceptors (Lipinski definition) is 3. The predicted molar refractivity (Wildman–Crippen MR) is 64.0 cm³/mol. The van der Waals surface area contributed by atoms with Gasteiger partial charge in [0.05, 0.1) is 5.69 Å². The van der Waals surface area contributed by atoms with E-state index < -0.39 is 10.9 Å². The number of anilines is 2. The third-order valence-electron chi connectivity index (χ3n) is 1.94. The van der Waals surface area contributed by atoms with Crippen molar-refractivity contribution in [3.63, 3.8) is 0 Å². The summed E-state index contributed by atoms with van der Waals surface area (Å²) in [5.41, 5.74) is 1.12. The Hall–Kier alpha value is -1.82. The predicted octanol–water partition coefficient (Wildman–Crippen LogP) is 0.774. The maximum Gasteiger partial charge on any atom is 0.247 e. The second-order valence-corrected chi connectivity index (χ2v) is 4.08. The molecular weight excluding hydrogens is 228 g/mol. The van der Waals surface area contributed by atoms with Crippen molar-refractivity contribution >= 4 is 28.2 Å². The van der Waals surface area contributed by atoms with Gasteiger partial charge in [0.15, 0.2) is 0 Å². The van der Waals surface area contributed by atoms with Crippen LogP contribution in [0.1, 0.15) is 0 Å². The van der Waals surface area contributed by atoms with Crippen molar-refractivity contribution in [2.24, 2.45) is 0 Å². The Morgan fingerprint density at radius 2 is 1.94 bits per heavy atom. The van der Waals surface area contributed by atoms with Gasteiger partial charge in [0.1, 0.15) is 0 Å². The largest absolute Gasteiger partial charge is 0.323 e. The lowest BCUT2D eigenvalue weighted by Crippen LogP contribution is -2.14. The first-order valence-corrected chi connectivity index (χ1v) is 5.59. The number of rotatable bonds is 4. The van der Waals surface area contributed by atoms with Crippen molar-refractivity contribution < 1.29 is 13.2 Å². The zero-order chi connectivity index (χ0) is 12.1. The van der Waals surface area contributed by atoms with Gasteiger partial charge >= 0.3 is 0 Å². The molecule has 0 spiro atoms. The zero-order valence-electron chi connectivity index (χ0n) is 8.71. The maximum absolute atomic E-state index is 11.0. The third kappa shape index (κ3) is 3.09. The molecule has 1 amide bonds. The molecule has 0 fully saturated rings. The van der Waals surface area contributed by atoms with E-state index in [1.165, 1.54) is 7.05 Å². The normalized spacial score (nSPS) is 9.88. The standard InChI is InChI=1S/C10H12N2O3S/c1-3-10(13)11-8-4-6-9(7-5-8)12(2)16(14)15/h3-7,16H,1H2,2H3,(H,11,13). The smallest absolute Gasteiger partial charge is 0.247 e. The van der Waals surface area contributed by atoms with Gasteiger partial charge in [0.25, 0.3) is 0 Å². The molecule has 1 aromatic carbocycles. The number of carbonyl (C=O) groups is 1. The van der Waals surface area contributed by atoms with E-state index in [1.807, 2.05) is 0 Å². The second-order valence-electron chi connectivity index (χ2n) is 3.00. The van der Waals surface area contributed by atoms with Gasteiger partial charge in [-0.05, 0) is 30.3 Å². The van der Waals surface area contributed by atoms with Gasteiger partial charge in [-0.1, -0.05) is 6.58 Å². The molecule has 6 heteroatoms. The summed E-state index contributed by atoms with van der Waals surface area (Å²) >= 11 is 0. The highest BCUT2D eigenvalue weighted by atomic mass is 32.2. The number of nitrogens with zero attached hydrogens (tertiary/aromatic N) is 1. The molecule has 1 aromatic rings. The second kappa shape index (κ2) is 5.32. The first kappa shape index (κ1) is 12.3. The lowest BCUT2D eigenvalue weighted by atomic mass is 10.3. The number of thiol groups is 1. The average molecular weight is 240 g/mol. The van der Waals surface area contributed by atoms with E-state index in [4.69, 9.17) is 0 Å². The SMILES string of the molecule is C=CC(=O)Nc1ccc(N(C)[SH](=O)=O)cc1. The molecule has 0 saturated carbocycles. The van der Waals surface area contributed by atoms with Gasteiger partial charge in [0.2, 0.25) is 16.8 Å². The molecule has 1 rings (SSSR count). The van der Waals surface area contributed by atoms with Crippen LogP contribution in [0.15, 0.2) is 36.9 Å². The van der Waals surface area contributed by atoms with Crippen LogP contribution in [0.3, 0.4) is 0 Å². The molecule has 0 aliphatic carbocycles. The molecule has 0 radical (unpaired) electrons. The molecule has 0 heterocycles. The van der Waals surface area contributed by atoms with Crippen molar-refractivity contribution in [3.8, 4) is 0 Å². The molecular formula is C10H12N2O3S. The van der Waals surface area contributed by atoms with Crippen molar-refractivity contribution in [2.75, 3.05) is 16.7 Å². The number of amides is 1. The summed E-state index contributed by atoms with van der Waals surface area (Å²) in [4.78, 5) is 11.0. The zero-order valence-corrected chi connectivity index (χ0v) is 9.61. The van der Waals surface area contributed by atoms with Gasteiger partial charge in [-0.15, -0.1) is 0 Å². The molecule has 0 saturated heterocycles. The molecule has 0 aromatic heterocycles. The summed E-state index contributed by atoms with van der Waals surface area (Å²) in [5, 5.41) is 2.56. The van der Waals surface area contributed by atoms with Crippen LogP contribution in [0.25, 0.3) is 0 Å². The van der Waals surface area contributed by atoms with Crippen molar-refractivity contribution in [1.29, 1.82) is 0 Å². The van der Waals surface area contributed by atoms with Crippen LogP contribution in [0, 0.1) is 0 Å². The minimum Gasteiger partial charge on any atom is -0.323 e. The van der Waals surface area contributed by atoms with Crippen LogP contribution < -0.4 is 9.62 Å². The minimum absolute atomic E-state index is 0.309. The van der Waals surface area contributed by atoms with Crippen LogP contribution in [0.4, 0.5) is 11.4 Å². The van der Waals surface area contributed by atoms with E-state index in [2.05, 4.69) is 11.9 Å². The number of carbonyl (C=O) groups excluding carboxylic acids is 1. The van der Waals surface area contributed by atoms with Gasteiger partial charge in [-0.3, -0.25) is 9.10 Å². The molecule has 0 aliphatic rings. The molecule has 16 heavy (non-hydrogen) atoms. The summed E-state index contributed by atoms with van der Waals surface area (Å²) < 4.78 is 22.5. The first-order chi connectivity index (χ1) is 7.54. The topological polar surface area (TPSA) is 66.5 Å². The van der Waals surface area contributed by atoms with Crippen molar-refractivity contribution in [2.45, 2.75) is 0 Å². The Kier molecular flexibility index (Phi) is 4.07. The maximum atomic E-state index is 11.0. The van der Waals surface area contributed by atoms with Gasteiger partial charge in [-0.25, -0.2) is 8.42 Å². The number of hydrogen-bond donors (Lipinski definition) is 2. The quantitative estimate of drug-likeness (QED) is 0.603. The molecule has 0 atom stereocenters. The van der Waals surface area contributed by atoms with Gasteiger partial charge in [-0.2, -0.15) is 0 Å². The van der Waals surface area contributed by atoms with Crippen LogP contribution in [-0.4, -0.2) is 21.4 Å². The molecule has 0 bridgehead atoms. The van der Waals surface area contributed by atoms with E-state index >= 15 is 0 Å². The monoisotopic (exact) mass is 240 g/mol. The minimum atomic E-state index is -2.64. The van der Waals surface area contributed by atoms with Crippen LogP contribution in [0.5, 0.6) is 0 Å². The fourth-order valence-corrected chi connectivity index (χ4v) is 1.37. The van der Waals surface area contributed by atoms with E-state index in [-0.39, 0.29) is 5.91 Å². The van der Waals surface area contributed by atoms with Crippen LogP contribution >= 0.6 is 0 Å². The Morgan fingerprint density at radius 1 is 1.38 bits per heavy atom. The van der Waals surface area contributed by atoms with Gasteiger partial charge in [0, 0.05) is 12.7 Å². The summed E-state index contributed by atoms with van der Waals surface area (Å²) in [5.74, 6) is -0.309. The van der Waals surface area contributed by atoms with E-state index in [1.54, 1.807) is 24.3 Å². The Labute approximate surface area is 95.5 Å². The Balaban J connectivity index is 2.82. The van der Waals surface area contributed by atoms with E-state index in [0.717, 1.165) is 10.4 Å². The van der Waals surface area contributed by atoms with E-state index in [9.17, 15) is 13.2 Å². The Morgan fingerprint density at radius 3 is 2.38 bits per heavy atom. The highest BCUT2D eigenvalue weighted by Crippen LogP contribution is 2.16. The van der Waals surface area contributed by atoms with Crippen LogP contribution in [-0.2, 0) is 15.7 Å². The van der Waals surface area contributed by atoms with Crippen LogP contribution in [0.2, 0.25) is 0 Å². The Bertz CT molecular complexity index is 457. The lowest BCUT2D eigenvalue weighted by Gasteiger charge is -2.11. The fraction of sp³-hybridized carbons (Fsp3) is 0.100. The molecule has 5 nitrogen and oxygen atoms in total. The fourth-order valence-electron chi connectivity index (χ4n) is 1.05. The summed E-state index contributed by atoms with van der Waals surface area (Å²) in [7, 11) is -1.19. The molecule has 1 N–H and O–H groups in total. The highest BCUT2D eigenvalue weighted by Gasteiger charge is 2.02. The van der Waals surface area contributed by atoms with Crippen molar-refractivity contribution in [1.82, 2.24) is 0 Å². The average Bonchev–Trinajstić information content (AvgIpc) is 2.28. The summed E-state index contributed by atoms with van der Waals surface area (Å²) in [6.07, 6.45) is 1.16. The lowest BCUT2D eigenvalue weighted by molar-refractivity contribution is -0.111. The molecule has 86 valence electrons. The molecule has 0 unspecified atom stereocenters. The van der Waals surface area contributed by atoms with Gasteiger partial charge < -0.3 is 5.32 Å². The van der Waals surface area contributed by atoms with E-state index in [0.29, 0.717) is 11.4 Å². The number of benzene rings is 1. The highest BCUT2D eigenvalue weighted by molar-refractivity contribution is 7.74.